The van der Waals surface area contributed by atoms with Gasteiger partial charge in [-0.25, -0.2) is 4.39 Å². The second kappa shape index (κ2) is 3.41. The Morgan fingerprint density at radius 2 is 2.00 bits per heavy atom. The Labute approximate surface area is 90.6 Å². The molecule has 2 rings (SSSR count). The van der Waals surface area contributed by atoms with E-state index in [0.717, 1.165) is 0 Å². The fraction of sp³-hybridized carbons (Fsp3) is 0.100. The summed E-state index contributed by atoms with van der Waals surface area (Å²) in [6.07, 6.45) is 1.39. The van der Waals surface area contributed by atoms with Crippen molar-refractivity contribution in [3.63, 3.8) is 0 Å². The summed E-state index contributed by atoms with van der Waals surface area (Å²) in [6.45, 7) is 0. The zero-order valence-electron chi connectivity index (χ0n) is 8.48. The lowest BCUT2D eigenvalue weighted by Gasteiger charge is -2.05. The van der Waals surface area contributed by atoms with Crippen molar-refractivity contribution in [1.29, 1.82) is 0 Å². The van der Waals surface area contributed by atoms with Crippen molar-refractivity contribution in [3.05, 3.63) is 24.1 Å². The van der Waals surface area contributed by atoms with Gasteiger partial charge in [-0.1, -0.05) is 0 Å². The van der Waals surface area contributed by atoms with Gasteiger partial charge in [0.15, 0.2) is 17.3 Å². The quantitative estimate of drug-likeness (QED) is 0.634. The molecule has 0 aliphatic heterocycles. The first-order valence-corrected chi connectivity index (χ1v) is 4.50. The van der Waals surface area contributed by atoms with Gasteiger partial charge in [0, 0.05) is 18.2 Å². The van der Waals surface area contributed by atoms with Crippen LogP contribution >= 0.6 is 0 Å². The first-order chi connectivity index (χ1) is 7.52. The number of rotatable bonds is 1. The molecule has 0 atom stereocenters. The van der Waals surface area contributed by atoms with Gasteiger partial charge in [0.25, 0.3) is 0 Å². The van der Waals surface area contributed by atoms with Crippen LogP contribution in [0.4, 0.5) is 10.2 Å². The Bertz CT molecular complexity index is 551. The van der Waals surface area contributed by atoms with Gasteiger partial charge in [0.05, 0.1) is 6.20 Å². The number of nitrogen functional groups attached to an aromatic ring is 1. The molecular formula is C10H10FN3O2. The van der Waals surface area contributed by atoms with Gasteiger partial charge in [-0.2, -0.15) is 5.10 Å². The highest BCUT2D eigenvalue weighted by molar-refractivity contribution is 5.75. The molecule has 84 valence electrons. The fourth-order valence-corrected chi connectivity index (χ4v) is 1.42. The number of nitrogens with two attached hydrogens (primary N) is 1. The average molecular weight is 223 g/mol. The summed E-state index contributed by atoms with van der Waals surface area (Å²) in [6, 6.07) is 2.53. The monoisotopic (exact) mass is 223 g/mol. The van der Waals surface area contributed by atoms with Gasteiger partial charge < -0.3 is 15.9 Å². The maximum Gasteiger partial charge on any atom is 0.194 e. The van der Waals surface area contributed by atoms with Crippen molar-refractivity contribution >= 4 is 5.82 Å². The summed E-state index contributed by atoms with van der Waals surface area (Å²) < 4.78 is 15.0. The normalized spacial score (nSPS) is 10.6. The number of halogens is 1. The van der Waals surface area contributed by atoms with Crippen LogP contribution in [0, 0.1) is 5.82 Å². The number of aromatic hydroxyl groups is 2. The fourth-order valence-electron chi connectivity index (χ4n) is 1.42. The summed E-state index contributed by atoms with van der Waals surface area (Å²) in [5.74, 6) is -1.94. The van der Waals surface area contributed by atoms with Crippen LogP contribution in [-0.2, 0) is 7.05 Å². The predicted octanol–water partition coefficient (Wildman–Crippen LogP) is 1.22. The first-order valence-electron chi connectivity index (χ1n) is 4.50. The van der Waals surface area contributed by atoms with Gasteiger partial charge in [0.1, 0.15) is 5.82 Å². The highest BCUT2D eigenvalue weighted by Crippen LogP contribution is 2.36. The van der Waals surface area contributed by atoms with Crippen LogP contribution in [0.15, 0.2) is 18.3 Å². The molecule has 0 aliphatic rings. The van der Waals surface area contributed by atoms with Crippen LogP contribution in [0.3, 0.4) is 0 Å². The Morgan fingerprint density at radius 1 is 1.31 bits per heavy atom. The number of aryl methyl sites for hydroxylation is 1. The molecule has 4 N–H and O–H groups in total. The molecule has 5 nitrogen and oxygen atoms in total. The molecule has 1 aromatic heterocycles. The third-order valence-corrected chi connectivity index (χ3v) is 2.37. The van der Waals surface area contributed by atoms with Gasteiger partial charge >= 0.3 is 0 Å². The van der Waals surface area contributed by atoms with E-state index in [4.69, 9.17) is 10.8 Å². The number of phenolic OH excluding ortho intramolecular Hbond substituents is 2. The van der Waals surface area contributed by atoms with E-state index in [2.05, 4.69) is 5.10 Å². The zero-order chi connectivity index (χ0) is 11.9. The van der Waals surface area contributed by atoms with Gasteiger partial charge in [-0.05, 0) is 12.1 Å². The van der Waals surface area contributed by atoms with E-state index in [-0.39, 0.29) is 11.4 Å². The largest absolute Gasteiger partial charge is 0.504 e. The molecular weight excluding hydrogens is 213 g/mol. The minimum Gasteiger partial charge on any atom is -0.504 e. The number of nitrogens with zero attached hydrogens (tertiary/aromatic N) is 2. The Kier molecular flexibility index (Phi) is 2.19. The number of phenols is 2. The second-order valence-corrected chi connectivity index (χ2v) is 3.36. The smallest absolute Gasteiger partial charge is 0.194 e. The zero-order valence-corrected chi connectivity index (χ0v) is 8.48. The molecule has 0 saturated carbocycles. The average Bonchev–Trinajstić information content (AvgIpc) is 2.58. The van der Waals surface area contributed by atoms with E-state index in [9.17, 15) is 9.50 Å². The van der Waals surface area contributed by atoms with Crippen LogP contribution < -0.4 is 5.73 Å². The molecule has 0 unspecified atom stereocenters. The van der Waals surface area contributed by atoms with Crippen molar-refractivity contribution < 1.29 is 14.6 Å². The van der Waals surface area contributed by atoms with Crippen LogP contribution in [-0.4, -0.2) is 20.0 Å². The second-order valence-electron chi connectivity index (χ2n) is 3.36. The number of hydrogen-bond acceptors (Lipinski definition) is 4. The van der Waals surface area contributed by atoms with Crippen molar-refractivity contribution in [2.75, 3.05) is 5.73 Å². The minimum absolute atomic E-state index is 0.0981. The molecule has 0 spiro atoms. The van der Waals surface area contributed by atoms with E-state index >= 15 is 0 Å². The summed E-state index contributed by atoms with van der Waals surface area (Å²) in [7, 11) is 1.62. The van der Waals surface area contributed by atoms with Crippen molar-refractivity contribution in [2.24, 2.45) is 7.05 Å². The van der Waals surface area contributed by atoms with E-state index in [0.29, 0.717) is 5.56 Å². The standard InChI is InChI=1S/C10H10FN3O2/c1-14-10(12)6(4-13-14)5-2-3-7(15)9(16)8(5)11/h2-4,15-16H,12H2,1H3. The third-order valence-electron chi connectivity index (χ3n) is 2.37. The van der Waals surface area contributed by atoms with E-state index in [1.165, 1.54) is 23.0 Å². The molecule has 0 saturated heterocycles. The summed E-state index contributed by atoms with van der Waals surface area (Å²) in [4.78, 5) is 0. The topological polar surface area (TPSA) is 84.3 Å². The highest BCUT2D eigenvalue weighted by atomic mass is 19.1. The minimum atomic E-state index is -0.917. The van der Waals surface area contributed by atoms with Crippen LogP contribution in [0.2, 0.25) is 0 Å². The summed E-state index contributed by atoms with van der Waals surface area (Å²) in [5, 5.41) is 22.2. The molecule has 0 fully saturated rings. The molecule has 1 aromatic carbocycles. The van der Waals surface area contributed by atoms with Crippen LogP contribution in [0.25, 0.3) is 11.1 Å². The maximum absolute atomic E-state index is 13.6. The molecule has 0 bridgehead atoms. The maximum atomic E-state index is 13.6. The third kappa shape index (κ3) is 1.35. The van der Waals surface area contributed by atoms with Crippen molar-refractivity contribution in [2.45, 2.75) is 0 Å². The van der Waals surface area contributed by atoms with Gasteiger partial charge in [-0.15, -0.1) is 0 Å². The molecule has 2 aromatic rings. The summed E-state index contributed by atoms with van der Waals surface area (Å²) >= 11 is 0. The number of hydrogen-bond donors (Lipinski definition) is 3. The lowest BCUT2D eigenvalue weighted by atomic mass is 10.1. The lowest BCUT2D eigenvalue weighted by molar-refractivity contribution is 0.380. The Hall–Kier alpha value is -2.24. The van der Waals surface area contributed by atoms with Crippen LogP contribution in [0.1, 0.15) is 0 Å². The van der Waals surface area contributed by atoms with Gasteiger partial charge in [-0.3, -0.25) is 4.68 Å². The van der Waals surface area contributed by atoms with E-state index in [1.807, 2.05) is 0 Å². The van der Waals surface area contributed by atoms with Crippen molar-refractivity contribution in [3.8, 4) is 22.6 Å². The molecule has 1 heterocycles. The molecule has 16 heavy (non-hydrogen) atoms. The van der Waals surface area contributed by atoms with Gasteiger partial charge in [0.2, 0.25) is 0 Å². The number of aromatic nitrogens is 2. The van der Waals surface area contributed by atoms with Crippen LogP contribution in [0.5, 0.6) is 11.5 Å². The Morgan fingerprint density at radius 3 is 2.56 bits per heavy atom. The highest BCUT2D eigenvalue weighted by Gasteiger charge is 2.17. The van der Waals surface area contributed by atoms with E-state index < -0.39 is 17.3 Å². The molecule has 0 amide bonds. The predicted molar refractivity (Wildman–Crippen MR) is 56.3 cm³/mol. The lowest BCUT2D eigenvalue weighted by Crippen LogP contribution is -1.98. The van der Waals surface area contributed by atoms with Crippen molar-refractivity contribution in [1.82, 2.24) is 9.78 Å². The molecule has 0 aliphatic carbocycles. The summed E-state index contributed by atoms with van der Waals surface area (Å²) in [5.41, 5.74) is 6.15. The number of benzene rings is 1. The number of anilines is 1. The molecule has 6 heteroatoms. The molecule has 0 radical (unpaired) electrons. The first kappa shape index (κ1) is 10.3. The SMILES string of the molecule is Cn1ncc(-c2ccc(O)c(O)c2F)c1N. The van der Waals surface area contributed by atoms with E-state index in [1.54, 1.807) is 7.05 Å². The Balaban J connectivity index is 2.66.